The van der Waals surface area contributed by atoms with E-state index in [0.717, 1.165) is 43.5 Å². The van der Waals surface area contributed by atoms with E-state index >= 15 is 0 Å². The number of hydrogen-bond acceptors (Lipinski definition) is 4. The van der Waals surface area contributed by atoms with E-state index < -0.39 is 0 Å². The highest BCUT2D eigenvalue weighted by Crippen LogP contribution is 2.34. The molecule has 2 aliphatic heterocycles. The highest BCUT2D eigenvalue weighted by molar-refractivity contribution is 5.47. The number of nitrogens with two attached hydrogens (primary N) is 1. The second kappa shape index (κ2) is 7.74. The molecule has 0 aliphatic carbocycles. The smallest absolute Gasteiger partial charge is 0.231 e. The molecule has 2 N–H and O–H groups in total. The maximum absolute atomic E-state index is 5.57. The normalized spacial score (nSPS) is 16.7. The first kappa shape index (κ1) is 16.2. The number of hydrogen-bond donors (Lipinski definition) is 1. The molecule has 0 unspecified atom stereocenters. The lowest BCUT2D eigenvalue weighted by Gasteiger charge is -2.21. The van der Waals surface area contributed by atoms with E-state index in [1.165, 1.54) is 36.8 Å². The van der Waals surface area contributed by atoms with Crippen LogP contribution < -0.4 is 19.7 Å². The zero-order chi connectivity index (χ0) is 16.9. The van der Waals surface area contributed by atoms with Crippen molar-refractivity contribution in [3.63, 3.8) is 0 Å². The minimum absolute atomic E-state index is 0.328. The molecule has 0 radical (unpaired) electrons. The van der Waals surface area contributed by atoms with E-state index in [-0.39, 0.29) is 0 Å². The molecule has 1 fully saturated rings. The third kappa shape index (κ3) is 3.87. The molecule has 0 saturated carbocycles. The molecule has 1 aromatic carbocycles. The maximum atomic E-state index is 5.57. The van der Waals surface area contributed by atoms with E-state index in [1.54, 1.807) is 0 Å². The maximum Gasteiger partial charge on any atom is 0.231 e. The Morgan fingerprint density at radius 1 is 0.960 bits per heavy atom. The molecule has 5 nitrogen and oxygen atoms in total. The molecule has 0 bridgehead atoms. The van der Waals surface area contributed by atoms with Gasteiger partial charge in [-0.25, -0.2) is 4.98 Å². The molecule has 1 aromatic heterocycles. The van der Waals surface area contributed by atoms with Gasteiger partial charge in [-0.3, -0.25) is 0 Å². The van der Waals surface area contributed by atoms with Crippen LogP contribution in [0.2, 0.25) is 0 Å². The van der Waals surface area contributed by atoms with Crippen LogP contribution in [0.25, 0.3) is 0 Å². The predicted molar refractivity (Wildman–Crippen MR) is 96.8 cm³/mol. The van der Waals surface area contributed by atoms with Crippen molar-refractivity contribution in [2.45, 2.75) is 38.8 Å². The molecular weight excluding hydrogens is 314 g/mol. The van der Waals surface area contributed by atoms with Crippen molar-refractivity contribution >= 4 is 5.82 Å². The summed E-state index contributed by atoms with van der Waals surface area (Å²) in [4.78, 5) is 7.11. The van der Waals surface area contributed by atoms with E-state index in [4.69, 9.17) is 9.47 Å². The van der Waals surface area contributed by atoms with Crippen LogP contribution in [-0.2, 0) is 13.1 Å². The number of ether oxygens (including phenoxy) is 2. The van der Waals surface area contributed by atoms with Crippen molar-refractivity contribution in [3.05, 3.63) is 47.7 Å². The van der Waals surface area contributed by atoms with Gasteiger partial charge in [-0.1, -0.05) is 18.9 Å². The van der Waals surface area contributed by atoms with Crippen LogP contribution in [0.3, 0.4) is 0 Å². The number of benzene rings is 1. The lowest BCUT2D eigenvalue weighted by molar-refractivity contribution is -0.686. The molecule has 0 atom stereocenters. The summed E-state index contributed by atoms with van der Waals surface area (Å²) >= 11 is 0. The fraction of sp³-hybridized carbons (Fsp3) is 0.450. The Kier molecular flexibility index (Phi) is 5.02. The summed E-state index contributed by atoms with van der Waals surface area (Å²) in [6, 6.07) is 10.5. The minimum atomic E-state index is 0.328. The van der Waals surface area contributed by atoms with Gasteiger partial charge in [-0.2, -0.15) is 0 Å². The van der Waals surface area contributed by atoms with Gasteiger partial charge < -0.3 is 19.7 Å². The number of aromatic nitrogens is 1. The fourth-order valence-electron chi connectivity index (χ4n) is 3.57. The van der Waals surface area contributed by atoms with E-state index in [0.29, 0.717) is 6.79 Å². The van der Waals surface area contributed by atoms with Crippen molar-refractivity contribution in [1.29, 1.82) is 0 Å². The van der Waals surface area contributed by atoms with Crippen LogP contribution in [0, 0.1) is 0 Å². The fourth-order valence-corrected chi connectivity index (χ4v) is 3.57. The third-order valence-electron chi connectivity index (χ3n) is 4.96. The Morgan fingerprint density at radius 3 is 2.64 bits per heavy atom. The van der Waals surface area contributed by atoms with Gasteiger partial charge in [0.2, 0.25) is 6.79 Å². The highest BCUT2D eigenvalue weighted by atomic mass is 16.7. The summed E-state index contributed by atoms with van der Waals surface area (Å²) in [5.41, 5.74) is 2.44. The van der Waals surface area contributed by atoms with E-state index in [1.807, 2.05) is 18.3 Å². The lowest BCUT2D eigenvalue weighted by Crippen LogP contribution is -2.80. The summed E-state index contributed by atoms with van der Waals surface area (Å²) in [5.74, 6) is 2.87. The Labute approximate surface area is 149 Å². The van der Waals surface area contributed by atoms with Gasteiger partial charge in [-0.15, -0.1) is 0 Å². The highest BCUT2D eigenvalue weighted by Gasteiger charge is 2.18. The second-order valence-corrected chi connectivity index (χ2v) is 6.77. The number of nitrogens with zero attached hydrogens (tertiary/aromatic N) is 2. The van der Waals surface area contributed by atoms with Crippen molar-refractivity contribution in [3.8, 4) is 11.5 Å². The molecule has 25 heavy (non-hydrogen) atoms. The Bertz CT molecular complexity index is 695. The average Bonchev–Trinajstić information content (AvgIpc) is 2.97. The van der Waals surface area contributed by atoms with Crippen LogP contribution in [0.5, 0.6) is 11.5 Å². The topological polar surface area (TPSA) is 51.2 Å². The first-order chi connectivity index (χ1) is 12.4. The third-order valence-corrected chi connectivity index (χ3v) is 4.96. The summed E-state index contributed by atoms with van der Waals surface area (Å²) in [7, 11) is 0. The van der Waals surface area contributed by atoms with Gasteiger partial charge in [-0.05, 0) is 37.1 Å². The SMILES string of the molecule is c1cc(C[NH2+]Cc2ccc(N3CCCCCC3)nc2)c2c(c1)OCO2. The van der Waals surface area contributed by atoms with E-state index in [2.05, 4.69) is 33.4 Å². The minimum Gasteiger partial charge on any atom is -0.454 e. The predicted octanol–water partition coefficient (Wildman–Crippen LogP) is 2.45. The van der Waals surface area contributed by atoms with Gasteiger partial charge >= 0.3 is 0 Å². The standard InChI is InChI=1S/C20H25N3O2/c1-2-4-11-23(10-3-1)19-9-8-16(13-22-19)12-21-14-17-6-5-7-18-20(17)25-15-24-18/h5-9,13,21H,1-4,10-12,14-15H2/p+1. The molecule has 4 rings (SSSR count). The van der Waals surface area contributed by atoms with Crippen LogP contribution in [-0.4, -0.2) is 24.9 Å². The van der Waals surface area contributed by atoms with Gasteiger partial charge in [0, 0.05) is 24.8 Å². The molecule has 132 valence electrons. The number of anilines is 1. The number of fused-ring (bicyclic) bond motifs is 1. The summed E-state index contributed by atoms with van der Waals surface area (Å²) in [6.45, 7) is 4.39. The van der Waals surface area contributed by atoms with Crippen molar-refractivity contribution in [2.24, 2.45) is 0 Å². The van der Waals surface area contributed by atoms with Gasteiger partial charge in [0.25, 0.3) is 0 Å². The first-order valence-corrected chi connectivity index (χ1v) is 9.29. The number of rotatable bonds is 5. The van der Waals surface area contributed by atoms with Gasteiger partial charge in [0.05, 0.1) is 5.56 Å². The Hall–Kier alpha value is -2.27. The molecule has 3 heterocycles. The van der Waals surface area contributed by atoms with Crippen LogP contribution >= 0.6 is 0 Å². The quantitative estimate of drug-likeness (QED) is 0.908. The molecule has 2 aromatic rings. The number of pyridine rings is 1. The van der Waals surface area contributed by atoms with Crippen LogP contribution in [0.4, 0.5) is 5.82 Å². The molecule has 5 heteroatoms. The van der Waals surface area contributed by atoms with Crippen LogP contribution in [0.1, 0.15) is 36.8 Å². The first-order valence-electron chi connectivity index (χ1n) is 9.29. The monoisotopic (exact) mass is 340 g/mol. The van der Waals surface area contributed by atoms with Crippen molar-refractivity contribution < 1.29 is 14.8 Å². The molecule has 0 amide bonds. The Morgan fingerprint density at radius 2 is 1.84 bits per heavy atom. The summed E-state index contributed by atoms with van der Waals surface area (Å²) in [5, 5.41) is 2.28. The van der Waals surface area contributed by atoms with Crippen LogP contribution in [0.15, 0.2) is 36.5 Å². The molecular formula is C20H26N3O2+. The van der Waals surface area contributed by atoms with Crippen molar-refractivity contribution in [2.75, 3.05) is 24.8 Å². The largest absolute Gasteiger partial charge is 0.454 e. The lowest BCUT2D eigenvalue weighted by atomic mass is 10.2. The average molecular weight is 340 g/mol. The molecule has 1 saturated heterocycles. The Balaban J connectivity index is 1.32. The number of quaternary nitrogens is 1. The van der Waals surface area contributed by atoms with Gasteiger partial charge in [0.1, 0.15) is 18.9 Å². The second-order valence-electron chi connectivity index (χ2n) is 6.77. The van der Waals surface area contributed by atoms with Crippen molar-refractivity contribution in [1.82, 2.24) is 4.98 Å². The molecule has 0 spiro atoms. The summed E-state index contributed by atoms with van der Waals surface area (Å²) in [6.07, 6.45) is 7.28. The van der Waals surface area contributed by atoms with E-state index in [9.17, 15) is 0 Å². The zero-order valence-electron chi connectivity index (χ0n) is 14.6. The van der Waals surface area contributed by atoms with Gasteiger partial charge in [0.15, 0.2) is 11.5 Å². The number of para-hydroxylation sites is 1. The molecule has 2 aliphatic rings. The zero-order valence-corrected chi connectivity index (χ0v) is 14.6. The summed E-state index contributed by atoms with van der Waals surface area (Å²) < 4.78 is 11.0.